The average Bonchev–Trinajstić information content (AvgIpc) is 2.55. The van der Waals surface area contributed by atoms with Crippen LogP contribution in [0.1, 0.15) is 0 Å². The summed E-state index contributed by atoms with van der Waals surface area (Å²) in [5.41, 5.74) is 2.05. The van der Waals surface area contributed by atoms with Crippen LogP contribution in [0.2, 0.25) is 5.02 Å². The number of nitrogens with zero attached hydrogens (tertiary/aromatic N) is 3. The third-order valence-electron chi connectivity index (χ3n) is 4.00. The van der Waals surface area contributed by atoms with Gasteiger partial charge in [-0.2, -0.15) is 0 Å². The summed E-state index contributed by atoms with van der Waals surface area (Å²) in [4.78, 5) is 8.85. The summed E-state index contributed by atoms with van der Waals surface area (Å²) < 4.78 is 23.0. The average molecular weight is 352 g/mol. The Morgan fingerprint density at radius 1 is 1.00 bits per heavy atom. The highest BCUT2D eigenvalue weighted by Gasteiger charge is 2.19. The summed E-state index contributed by atoms with van der Waals surface area (Å²) in [6, 6.07) is 8.99. The van der Waals surface area contributed by atoms with Crippen molar-refractivity contribution in [3.05, 3.63) is 47.7 Å². The van der Waals surface area contributed by atoms with Crippen molar-refractivity contribution >= 4 is 32.8 Å². The summed E-state index contributed by atoms with van der Waals surface area (Å²) in [6.07, 6.45) is 4.63. The highest BCUT2D eigenvalue weighted by atomic mass is 35.5. The molecule has 1 saturated heterocycles. The Morgan fingerprint density at radius 2 is 1.61 bits per heavy atom. The molecule has 0 unspecified atom stereocenters. The molecule has 0 N–H and O–H groups in total. The van der Waals surface area contributed by atoms with Gasteiger partial charge in [0.2, 0.25) is 0 Å². The van der Waals surface area contributed by atoms with Gasteiger partial charge in [-0.1, -0.05) is 11.6 Å². The fraction of sp³-hybridized carbons (Fsp3) is 0.312. The Hall–Kier alpha value is -1.79. The largest absolute Gasteiger partial charge is 0.368 e. The predicted molar refractivity (Wildman–Crippen MR) is 93.2 cm³/mol. The number of rotatable bonds is 3. The molecule has 5 nitrogen and oxygen atoms in total. The van der Waals surface area contributed by atoms with Crippen LogP contribution in [0.15, 0.2) is 47.6 Å². The molecule has 122 valence electrons. The number of piperazine rings is 1. The Bertz CT molecular complexity index is 785. The number of aromatic nitrogens is 1. The monoisotopic (exact) mass is 351 g/mol. The van der Waals surface area contributed by atoms with Gasteiger partial charge in [0.25, 0.3) is 0 Å². The maximum absolute atomic E-state index is 11.5. The standard InChI is InChI=1S/C16H18ClN3O2S/c1-23(21,22)14-4-2-13(3-5-14)19-8-10-20(11-9-19)16-6-7-18-12-15(16)17/h2-7,12H,8-11H2,1H3. The number of hydrogen-bond acceptors (Lipinski definition) is 5. The molecule has 0 atom stereocenters. The lowest BCUT2D eigenvalue weighted by Gasteiger charge is -2.37. The van der Waals surface area contributed by atoms with E-state index >= 15 is 0 Å². The molecule has 1 fully saturated rings. The van der Waals surface area contributed by atoms with Crippen LogP contribution in [0.3, 0.4) is 0 Å². The highest BCUT2D eigenvalue weighted by molar-refractivity contribution is 7.90. The van der Waals surface area contributed by atoms with E-state index in [4.69, 9.17) is 11.6 Å². The van der Waals surface area contributed by atoms with Gasteiger partial charge in [0.1, 0.15) is 0 Å². The minimum absolute atomic E-state index is 0.350. The summed E-state index contributed by atoms with van der Waals surface area (Å²) in [7, 11) is -3.15. The second kappa shape index (κ2) is 6.37. The Kier molecular flexibility index (Phi) is 4.46. The number of anilines is 2. The van der Waals surface area contributed by atoms with Crippen molar-refractivity contribution in [2.45, 2.75) is 4.90 Å². The molecule has 0 spiro atoms. The van der Waals surface area contributed by atoms with E-state index in [1.165, 1.54) is 6.26 Å². The van der Waals surface area contributed by atoms with Gasteiger partial charge >= 0.3 is 0 Å². The van der Waals surface area contributed by atoms with E-state index < -0.39 is 9.84 Å². The first-order chi connectivity index (χ1) is 10.9. The maximum atomic E-state index is 11.5. The van der Waals surface area contributed by atoms with Crippen molar-refractivity contribution in [2.75, 3.05) is 42.2 Å². The van der Waals surface area contributed by atoms with Gasteiger partial charge in [0.05, 0.1) is 15.6 Å². The second-order valence-corrected chi connectivity index (χ2v) is 7.99. The van der Waals surface area contributed by atoms with Crippen molar-refractivity contribution in [1.29, 1.82) is 0 Å². The van der Waals surface area contributed by atoms with Gasteiger partial charge < -0.3 is 9.80 Å². The molecule has 1 aromatic carbocycles. The lowest BCUT2D eigenvalue weighted by molar-refractivity contribution is 0.602. The molecular weight excluding hydrogens is 334 g/mol. The quantitative estimate of drug-likeness (QED) is 0.850. The molecule has 1 aliphatic rings. The zero-order valence-corrected chi connectivity index (χ0v) is 14.4. The molecule has 1 aliphatic heterocycles. The third-order valence-corrected chi connectivity index (χ3v) is 5.42. The molecule has 7 heteroatoms. The van der Waals surface area contributed by atoms with Crippen molar-refractivity contribution in [2.24, 2.45) is 0 Å². The molecule has 0 aliphatic carbocycles. The van der Waals surface area contributed by atoms with Crippen LogP contribution < -0.4 is 9.80 Å². The Balaban J connectivity index is 1.68. The normalized spacial score (nSPS) is 15.7. The summed E-state index contributed by atoms with van der Waals surface area (Å²) >= 11 is 6.20. The van der Waals surface area contributed by atoms with Crippen LogP contribution in [0.4, 0.5) is 11.4 Å². The van der Waals surface area contributed by atoms with Crippen molar-refractivity contribution in [3.8, 4) is 0 Å². The highest BCUT2D eigenvalue weighted by Crippen LogP contribution is 2.26. The van der Waals surface area contributed by atoms with Crippen LogP contribution in [-0.2, 0) is 9.84 Å². The smallest absolute Gasteiger partial charge is 0.175 e. The summed E-state index contributed by atoms with van der Waals surface area (Å²) in [5, 5.41) is 0.665. The van der Waals surface area contributed by atoms with Crippen LogP contribution in [0.25, 0.3) is 0 Å². The molecule has 2 heterocycles. The SMILES string of the molecule is CS(=O)(=O)c1ccc(N2CCN(c3ccncc3Cl)CC2)cc1. The Labute approximate surface area is 141 Å². The molecule has 0 bridgehead atoms. The minimum Gasteiger partial charge on any atom is -0.368 e. The first-order valence-corrected chi connectivity index (χ1v) is 9.61. The van der Waals surface area contributed by atoms with E-state index in [0.29, 0.717) is 9.92 Å². The van der Waals surface area contributed by atoms with Crippen LogP contribution in [-0.4, -0.2) is 45.8 Å². The number of sulfone groups is 1. The number of halogens is 1. The van der Waals surface area contributed by atoms with Crippen LogP contribution in [0, 0.1) is 0 Å². The molecule has 0 amide bonds. The molecule has 0 saturated carbocycles. The van der Waals surface area contributed by atoms with Gasteiger partial charge in [-0.3, -0.25) is 4.98 Å². The maximum Gasteiger partial charge on any atom is 0.175 e. The van der Waals surface area contributed by atoms with E-state index in [2.05, 4.69) is 14.8 Å². The van der Waals surface area contributed by atoms with E-state index in [9.17, 15) is 8.42 Å². The van der Waals surface area contributed by atoms with Crippen molar-refractivity contribution < 1.29 is 8.42 Å². The lowest BCUT2D eigenvalue weighted by atomic mass is 10.2. The van der Waals surface area contributed by atoms with E-state index in [1.807, 2.05) is 18.2 Å². The zero-order valence-electron chi connectivity index (χ0n) is 12.8. The fourth-order valence-electron chi connectivity index (χ4n) is 2.73. The molecule has 1 aromatic heterocycles. The van der Waals surface area contributed by atoms with E-state index in [0.717, 1.165) is 37.6 Å². The number of benzene rings is 1. The molecule has 23 heavy (non-hydrogen) atoms. The van der Waals surface area contributed by atoms with Gasteiger partial charge in [-0.25, -0.2) is 8.42 Å². The lowest BCUT2D eigenvalue weighted by Crippen LogP contribution is -2.46. The first-order valence-electron chi connectivity index (χ1n) is 7.35. The van der Waals surface area contributed by atoms with E-state index in [1.54, 1.807) is 24.5 Å². The number of pyridine rings is 1. The van der Waals surface area contributed by atoms with Crippen molar-refractivity contribution in [3.63, 3.8) is 0 Å². The fourth-order valence-corrected chi connectivity index (χ4v) is 3.60. The molecular formula is C16H18ClN3O2S. The van der Waals surface area contributed by atoms with Crippen LogP contribution >= 0.6 is 11.6 Å². The van der Waals surface area contributed by atoms with Crippen LogP contribution in [0.5, 0.6) is 0 Å². The van der Waals surface area contributed by atoms with Gasteiger partial charge in [0, 0.05) is 50.5 Å². The first kappa shape index (κ1) is 16.1. The minimum atomic E-state index is -3.15. The van der Waals surface area contributed by atoms with Gasteiger partial charge in [-0.15, -0.1) is 0 Å². The van der Waals surface area contributed by atoms with Crippen molar-refractivity contribution in [1.82, 2.24) is 4.98 Å². The predicted octanol–water partition coefficient (Wildman–Crippen LogP) is 2.47. The third kappa shape index (κ3) is 3.59. The molecule has 0 radical (unpaired) electrons. The zero-order chi connectivity index (χ0) is 16.4. The van der Waals surface area contributed by atoms with E-state index in [-0.39, 0.29) is 0 Å². The van der Waals surface area contributed by atoms with Gasteiger partial charge in [0.15, 0.2) is 9.84 Å². The Morgan fingerprint density at radius 3 is 2.17 bits per heavy atom. The summed E-state index contributed by atoms with van der Waals surface area (Å²) in [6.45, 7) is 3.43. The summed E-state index contributed by atoms with van der Waals surface area (Å²) in [5.74, 6) is 0. The second-order valence-electron chi connectivity index (χ2n) is 5.57. The topological polar surface area (TPSA) is 53.5 Å². The molecule has 2 aromatic rings. The number of hydrogen-bond donors (Lipinski definition) is 0. The van der Waals surface area contributed by atoms with Gasteiger partial charge in [-0.05, 0) is 30.3 Å². The molecule has 3 rings (SSSR count).